The van der Waals surface area contributed by atoms with E-state index in [2.05, 4.69) is 10.2 Å². The van der Waals surface area contributed by atoms with Crippen LogP contribution in [0.1, 0.15) is 34.8 Å². The minimum Gasteiger partial charge on any atom is -0.504 e. The maximum atomic E-state index is 13.4. The van der Waals surface area contributed by atoms with Crippen LogP contribution >= 0.6 is 0 Å². The molecule has 8 heteroatoms. The van der Waals surface area contributed by atoms with E-state index >= 15 is 0 Å². The monoisotopic (exact) mass is 392 g/mol. The lowest BCUT2D eigenvalue weighted by Crippen LogP contribution is -2.36. The van der Waals surface area contributed by atoms with Crippen molar-refractivity contribution in [3.05, 3.63) is 65.2 Å². The van der Waals surface area contributed by atoms with Gasteiger partial charge in [-0.2, -0.15) is 0 Å². The Morgan fingerprint density at radius 1 is 1.18 bits per heavy atom. The van der Waals surface area contributed by atoms with Crippen LogP contribution in [-0.4, -0.2) is 47.1 Å². The van der Waals surface area contributed by atoms with E-state index in [0.29, 0.717) is 12.6 Å². The van der Waals surface area contributed by atoms with E-state index in [-0.39, 0.29) is 12.5 Å². The largest absolute Gasteiger partial charge is 0.504 e. The van der Waals surface area contributed by atoms with Crippen molar-refractivity contribution in [1.82, 2.24) is 10.2 Å². The van der Waals surface area contributed by atoms with Crippen LogP contribution in [-0.2, 0) is 4.79 Å². The Balaban J connectivity index is 0.000000878. The lowest BCUT2D eigenvalue weighted by atomic mass is 10.1. The summed E-state index contributed by atoms with van der Waals surface area (Å²) in [5, 5.41) is 19.3. The first-order chi connectivity index (χ1) is 13.5. The molecule has 1 heterocycles. The molecule has 1 aliphatic rings. The summed E-state index contributed by atoms with van der Waals surface area (Å²) in [5.41, 5.74) is 0.671. The van der Waals surface area contributed by atoms with Crippen LogP contribution < -0.4 is 5.32 Å². The van der Waals surface area contributed by atoms with Gasteiger partial charge in [-0.15, -0.1) is 0 Å². The van der Waals surface area contributed by atoms with Crippen LogP contribution in [0.4, 0.5) is 8.78 Å². The van der Waals surface area contributed by atoms with Crippen molar-refractivity contribution in [2.24, 2.45) is 0 Å². The molecule has 1 unspecified atom stereocenters. The average Bonchev–Trinajstić information content (AvgIpc) is 3.20. The van der Waals surface area contributed by atoms with E-state index in [9.17, 15) is 18.7 Å². The zero-order valence-electron chi connectivity index (χ0n) is 15.1. The van der Waals surface area contributed by atoms with Gasteiger partial charge in [0.1, 0.15) is 5.82 Å². The van der Waals surface area contributed by atoms with E-state index in [1.54, 1.807) is 0 Å². The molecular formula is C20H22F2N2O4. The molecule has 0 bridgehead atoms. The predicted octanol–water partition coefficient (Wildman–Crippen LogP) is 2.94. The standard InChI is InChI=1S/C19H20F2N2O2.CH2O2/c20-14-10-15(18(24)16(21)11-14)19(25)22-12-17(23-8-4-5-9-23)13-6-2-1-3-7-13;2-1-3/h1-3,6-7,10-11,17,24H,4-5,8-9,12H2,(H,22,25);1H,(H,2,3). The minimum atomic E-state index is -1.15. The molecule has 0 radical (unpaired) electrons. The molecule has 3 N–H and O–H groups in total. The lowest BCUT2D eigenvalue weighted by Gasteiger charge is -2.28. The lowest BCUT2D eigenvalue weighted by molar-refractivity contribution is -0.122. The van der Waals surface area contributed by atoms with Gasteiger partial charge in [0.05, 0.1) is 11.6 Å². The maximum absolute atomic E-state index is 13.4. The fourth-order valence-corrected chi connectivity index (χ4v) is 3.21. The Morgan fingerprint density at radius 3 is 2.39 bits per heavy atom. The highest BCUT2D eigenvalue weighted by atomic mass is 19.1. The second-order valence-corrected chi connectivity index (χ2v) is 6.27. The summed E-state index contributed by atoms with van der Waals surface area (Å²) in [6.07, 6.45) is 2.21. The number of hydrogen-bond acceptors (Lipinski definition) is 4. The van der Waals surface area contributed by atoms with E-state index < -0.39 is 28.9 Å². The van der Waals surface area contributed by atoms with Crippen molar-refractivity contribution < 1.29 is 28.6 Å². The van der Waals surface area contributed by atoms with Crippen LogP contribution in [0.5, 0.6) is 5.75 Å². The molecule has 0 spiro atoms. The van der Waals surface area contributed by atoms with E-state index in [4.69, 9.17) is 9.90 Å². The second kappa shape index (κ2) is 10.4. The fourth-order valence-electron chi connectivity index (χ4n) is 3.21. The van der Waals surface area contributed by atoms with Gasteiger partial charge in [-0.25, -0.2) is 8.78 Å². The first-order valence-electron chi connectivity index (χ1n) is 8.81. The van der Waals surface area contributed by atoms with Crippen LogP contribution in [0.25, 0.3) is 0 Å². The number of nitrogens with one attached hydrogen (secondary N) is 1. The third-order valence-corrected chi connectivity index (χ3v) is 4.49. The molecule has 1 amide bonds. The number of benzene rings is 2. The predicted molar refractivity (Wildman–Crippen MR) is 99.0 cm³/mol. The minimum absolute atomic E-state index is 0.0202. The quantitative estimate of drug-likeness (QED) is 0.681. The van der Waals surface area contributed by atoms with Gasteiger partial charge in [-0.3, -0.25) is 14.5 Å². The van der Waals surface area contributed by atoms with Crippen molar-refractivity contribution in [3.63, 3.8) is 0 Å². The van der Waals surface area contributed by atoms with E-state index in [1.165, 1.54) is 0 Å². The van der Waals surface area contributed by atoms with Crippen molar-refractivity contribution >= 4 is 12.4 Å². The van der Waals surface area contributed by atoms with Gasteiger partial charge in [0.2, 0.25) is 0 Å². The molecule has 0 saturated carbocycles. The van der Waals surface area contributed by atoms with Crippen LogP contribution in [0.3, 0.4) is 0 Å². The highest BCUT2D eigenvalue weighted by molar-refractivity contribution is 5.96. The van der Waals surface area contributed by atoms with Gasteiger partial charge in [-0.05, 0) is 37.6 Å². The van der Waals surface area contributed by atoms with E-state index in [1.807, 2.05) is 30.3 Å². The molecule has 0 aromatic heterocycles. The molecule has 0 aliphatic carbocycles. The summed E-state index contributed by atoms with van der Waals surface area (Å²) < 4.78 is 26.8. The fraction of sp³-hybridized carbons (Fsp3) is 0.300. The van der Waals surface area contributed by atoms with Gasteiger partial charge >= 0.3 is 0 Å². The van der Waals surface area contributed by atoms with Gasteiger partial charge in [0, 0.05) is 12.6 Å². The van der Waals surface area contributed by atoms with Crippen molar-refractivity contribution in [3.8, 4) is 5.75 Å². The third kappa shape index (κ3) is 5.50. The number of carboxylic acid groups (broad SMARTS) is 1. The molecule has 1 saturated heterocycles. The van der Waals surface area contributed by atoms with Gasteiger partial charge < -0.3 is 15.5 Å². The van der Waals surface area contributed by atoms with Crippen molar-refractivity contribution in [2.45, 2.75) is 18.9 Å². The molecule has 1 atom stereocenters. The topological polar surface area (TPSA) is 89.9 Å². The molecule has 28 heavy (non-hydrogen) atoms. The smallest absolute Gasteiger partial charge is 0.290 e. The highest BCUT2D eigenvalue weighted by Gasteiger charge is 2.25. The van der Waals surface area contributed by atoms with Gasteiger partial charge in [0.15, 0.2) is 11.6 Å². The van der Waals surface area contributed by atoms with Crippen molar-refractivity contribution in [2.75, 3.05) is 19.6 Å². The summed E-state index contributed by atoms with van der Waals surface area (Å²) in [6.45, 7) is 1.92. The number of amides is 1. The maximum Gasteiger partial charge on any atom is 0.290 e. The number of phenolic OH excluding ortho intramolecular Hbond substituents is 1. The Bertz CT molecular complexity index is 796. The number of carbonyl (C=O) groups is 2. The summed E-state index contributed by atoms with van der Waals surface area (Å²) in [4.78, 5) is 22.9. The molecule has 6 nitrogen and oxygen atoms in total. The summed E-state index contributed by atoms with van der Waals surface area (Å²) >= 11 is 0. The number of likely N-dealkylation sites (tertiary alicyclic amines) is 1. The Morgan fingerprint density at radius 2 is 1.79 bits per heavy atom. The molecule has 3 rings (SSSR count). The first-order valence-corrected chi connectivity index (χ1v) is 8.81. The summed E-state index contributed by atoms with van der Waals surface area (Å²) in [6, 6.07) is 11.2. The second-order valence-electron chi connectivity index (χ2n) is 6.27. The van der Waals surface area contributed by atoms with Crippen molar-refractivity contribution in [1.29, 1.82) is 0 Å². The third-order valence-electron chi connectivity index (χ3n) is 4.49. The molecule has 2 aromatic carbocycles. The molecular weight excluding hydrogens is 370 g/mol. The zero-order chi connectivity index (χ0) is 20.5. The normalized spacial score (nSPS) is 14.6. The summed E-state index contributed by atoms with van der Waals surface area (Å²) in [7, 11) is 0. The van der Waals surface area contributed by atoms with Gasteiger partial charge in [0.25, 0.3) is 12.4 Å². The number of halogens is 2. The molecule has 1 fully saturated rings. The molecule has 2 aromatic rings. The number of carbonyl (C=O) groups excluding carboxylic acids is 1. The van der Waals surface area contributed by atoms with Gasteiger partial charge in [-0.1, -0.05) is 30.3 Å². The average molecular weight is 392 g/mol. The molecule has 1 aliphatic heterocycles. The number of nitrogens with zero attached hydrogens (tertiary/aromatic N) is 1. The SMILES string of the molecule is O=C(NCC(c1ccccc1)N1CCCC1)c1cc(F)cc(F)c1O.O=CO. The number of phenols is 1. The Hall–Kier alpha value is -3.00. The van der Waals surface area contributed by atoms with Crippen LogP contribution in [0.2, 0.25) is 0 Å². The van der Waals surface area contributed by atoms with Crippen LogP contribution in [0.15, 0.2) is 42.5 Å². The Labute approximate surface area is 161 Å². The number of hydrogen-bond donors (Lipinski definition) is 3. The van der Waals surface area contributed by atoms with Crippen LogP contribution in [0, 0.1) is 11.6 Å². The number of aromatic hydroxyl groups is 1. The van der Waals surface area contributed by atoms with E-state index in [0.717, 1.165) is 37.6 Å². The number of rotatable bonds is 5. The Kier molecular flexibility index (Phi) is 7.88. The summed E-state index contributed by atoms with van der Waals surface area (Å²) in [5.74, 6) is -3.59. The first kappa shape index (κ1) is 21.3. The zero-order valence-corrected chi connectivity index (χ0v) is 15.1. The highest BCUT2D eigenvalue weighted by Crippen LogP contribution is 2.26. The molecule has 150 valence electrons.